The van der Waals surface area contributed by atoms with Crippen molar-refractivity contribution in [2.75, 3.05) is 18.5 Å². The highest BCUT2D eigenvalue weighted by Crippen LogP contribution is 2.37. The lowest BCUT2D eigenvalue weighted by molar-refractivity contribution is 0.102. The van der Waals surface area contributed by atoms with E-state index in [1.54, 1.807) is 23.1 Å². The second kappa shape index (κ2) is 6.36. The molecule has 0 saturated carbocycles. The van der Waals surface area contributed by atoms with Crippen LogP contribution >= 0.6 is 11.3 Å². The van der Waals surface area contributed by atoms with Gasteiger partial charge in [0.15, 0.2) is 16.6 Å². The molecule has 0 bridgehead atoms. The summed E-state index contributed by atoms with van der Waals surface area (Å²) in [7, 11) is 0. The van der Waals surface area contributed by atoms with Gasteiger partial charge in [0.2, 0.25) is 0 Å². The van der Waals surface area contributed by atoms with Crippen LogP contribution in [0, 0.1) is 0 Å². The zero-order valence-corrected chi connectivity index (χ0v) is 14.8. The number of fused-ring (bicyclic) bond motifs is 2. The zero-order valence-electron chi connectivity index (χ0n) is 14.0. The van der Waals surface area contributed by atoms with Crippen molar-refractivity contribution in [1.82, 2.24) is 19.7 Å². The lowest BCUT2D eigenvalue weighted by Gasteiger charge is -2.17. The Balaban J connectivity index is 1.37. The number of rotatable bonds is 3. The first kappa shape index (κ1) is 15.8. The van der Waals surface area contributed by atoms with Crippen LogP contribution in [-0.4, -0.2) is 38.9 Å². The quantitative estimate of drug-likeness (QED) is 0.589. The number of benzene rings is 2. The molecule has 4 aromatic rings. The highest BCUT2D eigenvalue weighted by molar-refractivity contribution is 7.22. The average Bonchev–Trinajstić information content (AvgIpc) is 3.35. The third-order valence-corrected chi connectivity index (χ3v) is 5.02. The molecule has 134 valence electrons. The maximum atomic E-state index is 12.5. The van der Waals surface area contributed by atoms with Crippen LogP contribution < -0.4 is 14.8 Å². The standard InChI is InChI=1S/C18H13N5O3S/c24-17(11-1-3-12(4-2-11)23-10-19-9-20-23)22-18-21-13-7-14-15(8-16(13)27-18)26-6-5-25-14/h1-4,7-10H,5-6H2,(H,21,22,24). The number of nitrogens with zero attached hydrogens (tertiary/aromatic N) is 4. The fraction of sp³-hybridized carbons (Fsp3) is 0.111. The lowest BCUT2D eigenvalue weighted by atomic mass is 10.2. The number of anilines is 1. The first-order chi connectivity index (χ1) is 13.3. The normalized spacial score (nSPS) is 12.9. The fourth-order valence-electron chi connectivity index (χ4n) is 2.79. The molecule has 0 radical (unpaired) electrons. The van der Waals surface area contributed by atoms with Crippen molar-refractivity contribution in [2.24, 2.45) is 0 Å². The summed E-state index contributed by atoms with van der Waals surface area (Å²) in [6.07, 6.45) is 3.06. The number of ether oxygens (including phenoxy) is 2. The van der Waals surface area contributed by atoms with E-state index in [1.165, 1.54) is 17.7 Å². The number of hydrogen-bond acceptors (Lipinski definition) is 7. The van der Waals surface area contributed by atoms with Gasteiger partial charge in [-0.25, -0.2) is 14.6 Å². The predicted molar refractivity (Wildman–Crippen MR) is 99.9 cm³/mol. The molecule has 9 heteroatoms. The SMILES string of the molecule is O=C(Nc1nc2cc3c(cc2s1)OCCO3)c1ccc(-n2cncn2)cc1. The monoisotopic (exact) mass is 379 g/mol. The molecular weight excluding hydrogens is 366 g/mol. The van der Waals surface area contributed by atoms with Gasteiger partial charge in [-0.3, -0.25) is 10.1 Å². The Hall–Kier alpha value is -3.46. The van der Waals surface area contributed by atoms with E-state index < -0.39 is 0 Å². The minimum absolute atomic E-state index is 0.226. The van der Waals surface area contributed by atoms with Crippen molar-refractivity contribution in [3.63, 3.8) is 0 Å². The van der Waals surface area contributed by atoms with Gasteiger partial charge in [0.05, 0.1) is 15.9 Å². The van der Waals surface area contributed by atoms with Gasteiger partial charge in [0, 0.05) is 17.7 Å². The Morgan fingerprint density at radius 3 is 2.63 bits per heavy atom. The van der Waals surface area contributed by atoms with E-state index in [4.69, 9.17) is 9.47 Å². The minimum atomic E-state index is -0.226. The second-order valence-electron chi connectivity index (χ2n) is 5.82. The van der Waals surface area contributed by atoms with Gasteiger partial charge in [-0.2, -0.15) is 5.10 Å². The molecule has 0 saturated heterocycles. The summed E-state index contributed by atoms with van der Waals surface area (Å²) in [4.78, 5) is 20.9. The second-order valence-corrected chi connectivity index (χ2v) is 6.85. The third-order valence-electron chi connectivity index (χ3n) is 4.09. The maximum absolute atomic E-state index is 12.5. The molecule has 1 N–H and O–H groups in total. The van der Waals surface area contributed by atoms with Crippen molar-refractivity contribution in [3.8, 4) is 17.2 Å². The first-order valence-electron chi connectivity index (χ1n) is 8.23. The topological polar surface area (TPSA) is 91.2 Å². The van der Waals surface area contributed by atoms with Crippen LogP contribution in [0.1, 0.15) is 10.4 Å². The number of carbonyl (C=O) groups is 1. The molecule has 8 nitrogen and oxygen atoms in total. The van der Waals surface area contributed by atoms with Gasteiger partial charge in [0.1, 0.15) is 25.9 Å². The van der Waals surface area contributed by atoms with Crippen molar-refractivity contribution in [3.05, 3.63) is 54.6 Å². The molecule has 0 fully saturated rings. The van der Waals surface area contributed by atoms with Crippen LogP contribution in [0.3, 0.4) is 0 Å². The van der Waals surface area contributed by atoms with Crippen LogP contribution in [0.2, 0.25) is 0 Å². The summed E-state index contributed by atoms with van der Waals surface area (Å²) >= 11 is 1.39. The van der Waals surface area contributed by atoms with E-state index in [-0.39, 0.29) is 5.91 Å². The van der Waals surface area contributed by atoms with E-state index in [0.717, 1.165) is 15.9 Å². The molecule has 1 aliphatic heterocycles. The number of aromatic nitrogens is 4. The van der Waals surface area contributed by atoms with Crippen LogP contribution in [-0.2, 0) is 0 Å². The maximum Gasteiger partial charge on any atom is 0.257 e. The lowest BCUT2D eigenvalue weighted by Crippen LogP contribution is -2.15. The Morgan fingerprint density at radius 1 is 1.11 bits per heavy atom. The molecule has 1 aliphatic rings. The van der Waals surface area contributed by atoms with Gasteiger partial charge in [0.25, 0.3) is 5.91 Å². The van der Waals surface area contributed by atoms with Crippen LogP contribution in [0.15, 0.2) is 49.1 Å². The number of hydrogen-bond donors (Lipinski definition) is 1. The van der Waals surface area contributed by atoms with Gasteiger partial charge in [-0.05, 0) is 24.3 Å². The third kappa shape index (κ3) is 2.97. The summed E-state index contributed by atoms with van der Waals surface area (Å²) in [6, 6.07) is 10.8. The van der Waals surface area contributed by atoms with Gasteiger partial charge >= 0.3 is 0 Å². The molecule has 5 rings (SSSR count). The van der Waals surface area contributed by atoms with E-state index in [1.807, 2.05) is 24.3 Å². The molecule has 1 amide bonds. The number of thiazole rings is 1. The fourth-order valence-corrected chi connectivity index (χ4v) is 3.67. The summed E-state index contributed by atoms with van der Waals surface area (Å²) < 4.78 is 13.7. The van der Waals surface area contributed by atoms with Gasteiger partial charge < -0.3 is 9.47 Å². The first-order valence-corrected chi connectivity index (χ1v) is 9.04. The molecule has 0 aliphatic carbocycles. The Kier molecular flexibility index (Phi) is 3.72. The highest BCUT2D eigenvalue weighted by atomic mass is 32.1. The Labute approximate surface area is 157 Å². The number of nitrogens with one attached hydrogen (secondary N) is 1. The van der Waals surface area contributed by atoms with Crippen molar-refractivity contribution >= 4 is 32.6 Å². The van der Waals surface area contributed by atoms with Gasteiger partial charge in [-0.1, -0.05) is 11.3 Å². The zero-order chi connectivity index (χ0) is 18.2. The molecule has 0 unspecified atom stereocenters. The summed E-state index contributed by atoms with van der Waals surface area (Å²) in [6.45, 7) is 1.06. The summed E-state index contributed by atoms with van der Waals surface area (Å²) in [5.41, 5.74) is 2.12. The molecule has 2 aromatic carbocycles. The Morgan fingerprint density at radius 2 is 1.89 bits per heavy atom. The number of amides is 1. The van der Waals surface area contributed by atoms with Crippen LogP contribution in [0.4, 0.5) is 5.13 Å². The largest absolute Gasteiger partial charge is 0.486 e. The number of carbonyl (C=O) groups excluding carboxylic acids is 1. The van der Waals surface area contributed by atoms with Crippen LogP contribution in [0.25, 0.3) is 15.9 Å². The molecule has 3 heterocycles. The van der Waals surface area contributed by atoms with Crippen molar-refractivity contribution in [1.29, 1.82) is 0 Å². The molecule has 0 spiro atoms. The molecule has 0 atom stereocenters. The van der Waals surface area contributed by atoms with Crippen LogP contribution in [0.5, 0.6) is 11.5 Å². The van der Waals surface area contributed by atoms with E-state index in [2.05, 4.69) is 20.4 Å². The van der Waals surface area contributed by atoms with Gasteiger partial charge in [-0.15, -0.1) is 0 Å². The molecule has 2 aromatic heterocycles. The average molecular weight is 379 g/mol. The van der Waals surface area contributed by atoms with E-state index >= 15 is 0 Å². The Bertz CT molecular complexity index is 1080. The predicted octanol–water partition coefficient (Wildman–Crippen LogP) is 2.90. The molecule has 27 heavy (non-hydrogen) atoms. The van der Waals surface area contributed by atoms with Crippen molar-refractivity contribution in [2.45, 2.75) is 0 Å². The van der Waals surface area contributed by atoms with E-state index in [9.17, 15) is 4.79 Å². The highest BCUT2D eigenvalue weighted by Gasteiger charge is 2.16. The minimum Gasteiger partial charge on any atom is -0.486 e. The summed E-state index contributed by atoms with van der Waals surface area (Å²) in [5, 5.41) is 7.43. The van der Waals surface area contributed by atoms with Crippen molar-refractivity contribution < 1.29 is 14.3 Å². The smallest absolute Gasteiger partial charge is 0.257 e. The molecular formula is C18H13N5O3S. The van der Waals surface area contributed by atoms with E-state index in [0.29, 0.717) is 35.4 Å². The summed E-state index contributed by atoms with van der Waals surface area (Å²) in [5.74, 6) is 1.16.